The maximum absolute atomic E-state index is 10.8. The van der Waals surface area contributed by atoms with Crippen molar-refractivity contribution in [2.75, 3.05) is 18.0 Å². The van der Waals surface area contributed by atoms with Crippen LogP contribution in [0.25, 0.3) is 0 Å². The van der Waals surface area contributed by atoms with Crippen LogP contribution < -0.4 is 4.90 Å². The lowest BCUT2D eigenvalue weighted by atomic mass is 10.1. The van der Waals surface area contributed by atoms with Crippen molar-refractivity contribution >= 4 is 27.3 Å². The number of non-ortho nitro benzene ring substituents is 1. The Bertz CT molecular complexity index is 437. The maximum atomic E-state index is 10.8. The first-order valence-corrected chi connectivity index (χ1v) is 7.73. The normalized spacial score (nSPS) is 12.2. The first kappa shape index (κ1) is 16.0. The molecule has 5 heteroatoms. The predicted molar refractivity (Wildman–Crippen MR) is 83.1 cm³/mol. The summed E-state index contributed by atoms with van der Waals surface area (Å²) in [5, 5.41) is 11.4. The van der Waals surface area contributed by atoms with Gasteiger partial charge in [-0.05, 0) is 24.5 Å². The van der Waals surface area contributed by atoms with Gasteiger partial charge in [-0.15, -0.1) is 0 Å². The minimum Gasteiger partial charge on any atom is -0.371 e. The Morgan fingerprint density at radius 2 is 2.11 bits per heavy atom. The fraction of sp³-hybridized carbons (Fsp3) is 0.571. The monoisotopic (exact) mass is 328 g/mol. The summed E-state index contributed by atoms with van der Waals surface area (Å²) >= 11 is 3.42. The van der Waals surface area contributed by atoms with Crippen LogP contribution in [0, 0.1) is 16.0 Å². The average molecular weight is 329 g/mol. The summed E-state index contributed by atoms with van der Waals surface area (Å²) in [6, 6.07) is 5.10. The van der Waals surface area contributed by atoms with Crippen molar-refractivity contribution in [1.82, 2.24) is 0 Å². The zero-order valence-electron chi connectivity index (χ0n) is 11.7. The quantitative estimate of drug-likeness (QED) is 0.424. The van der Waals surface area contributed by atoms with Crippen molar-refractivity contribution in [3.8, 4) is 0 Å². The zero-order chi connectivity index (χ0) is 14.4. The minimum absolute atomic E-state index is 0.151. The van der Waals surface area contributed by atoms with Gasteiger partial charge in [0.05, 0.1) is 4.92 Å². The number of benzene rings is 1. The Balaban J connectivity index is 3.06. The molecule has 0 aliphatic heterocycles. The molecule has 0 aromatic heterocycles. The van der Waals surface area contributed by atoms with Crippen LogP contribution in [0.4, 0.5) is 11.4 Å². The summed E-state index contributed by atoms with van der Waals surface area (Å²) in [5.41, 5.74) is 2.21. The van der Waals surface area contributed by atoms with Gasteiger partial charge in [0.1, 0.15) is 0 Å². The van der Waals surface area contributed by atoms with E-state index in [2.05, 4.69) is 41.6 Å². The molecular formula is C14H21BrN2O2. The molecule has 0 saturated carbocycles. The maximum Gasteiger partial charge on any atom is 0.269 e. The van der Waals surface area contributed by atoms with E-state index in [1.54, 1.807) is 12.1 Å². The molecular weight excluding hydrogens is 308 g/mol. The third kappa shape index (κ3) is 4.20. The van der Waals surface area contributed by atoms with E-state index < -0.39 is 0 Å². The van der Waals surface area contributed by atoms with E-state index in [9.17, 15) is 10.1 Å². The molecule has 1 aromatic rings. The topological polar surface area (TPSA) is 46.4 Å². The fourth-order valence-electron chi connectivity index (χ4n) is 2.00. The van der Waals surface area contributed by atoms with Crippen LogP contribution in [0.2, 0.25) is 0 Å². The molecule has 106 valence electrons. The first-order valence-electron chi connectivity index (χ1n) is 6.61. The van der Waals surface area contributed by atoms with Gasteiger partial charge >= 0.3 is 0 Å². The number of nitro groups is 1. The number of anilines is 1. The highest BCUT2D eigenvalue weighted by Gasteiger charge is 2.15. The molecule has 0 heterocycles. The van der Waals surface area contributed by atoms with Gasteiger partial charge in [0, 0.05) is 36.2 Å². The SMILES string of the molecule is CCC(C)CN(CC)c1ccc([N+](=O)[O-])cc1CBr. The van der Waals surface area contributed by atoms with Crippen LogP contribution >= 0.6 is 15.9 Å². The number of hydrogen-bond donors (Lipinski definition) is 0. The van der Waals surface area contributed by atoms with Gasteiger partial charge < -0.3 is 4.90 Å². The van der Waals surface area contributed by atoms with Crippen molar-refractivity contribution in [2.24, 2.45) is 5.92 Å². The van der Waals surface area contributed by atoms with Crippen molar-refractivity contribution in [3.63, 3.8) is 0 Å². The van der Waals surface area contributed by atoms with Crippen molar-refractivity contribution in [1.29, 1.82) is 0 Å². The lowest BCUT2D eigenvalue weighted by Crippen LogP contribution is -2.28. The number of nitro benzene ring substituents is 1. The van der Waals surface area contributed by atoms with E-state index in [-0.39, 0.29) is 10.6 Å². The van der Waals surface area contributed by atoms with E-state index in [0.29, 0.717) is 11.2 Å². The highest BCUT2D eigenvalue weighted by Crippen LogP contribution is 2.28. The average Bonchev–Trinajstić information content (AvgIpc) is 2.43. The molecule has 0 bridgehead atoms. The van der Waals surface area contributed by atoms with Crippen LogP contribution in [-0.2, 0) is 5.33 Å². The smallest absolute Gasteiger partial charge is 0.269 e. The van der Waals surface area contributed by atoms with Gasteiger partial charge in [-0.1, -0.05) is 36.2 Å². The first-order chi connectivity index (χ1) is 9.03. The molecule has 0 saturated heterocycles. The molecule has 0 radical (unpaired) electrons. The predicted octanol–water partition coefficient (Wildman–Crippen LogP) is 4.36. The Kier molecular flexibility index (Phi) is 6.28. The van der Waals surface area contributed by atoms with Gasteiger partial charge in [0.15, 0.2) is 0 Å². The van der Waals surface area contributed by atoms with E-state index in [1.165, 1.54) is 0 Å². The van der Waals surface area contributed by atoms with Gasteiger partial charge in [0.25, 0.3) is 5.69 Å². The molecule has 4 nitrogen and oxygen atoms in total. The highest BCUT2D eigenvalue weighted by atomic mass is 79.9. The summed E-state index contributed by atoms with van der Waals surface area (Å²) in [5.74, 6) is 0.610. The van der Waals surface area contributed by atoms with Gasteiger partial charge in [-0.3, -0.25) is 10.1 Å². The third-order valence-corrected chi connectivity index (χ3v) is 3.97. The second kappa shape index (κ2) is 7.48. The summed E-state index contributed by atoms with van der Waals surface area (Å²) in [7, 11) is 0. The van der Waals surface area contributed by atoms with Crippen LogP contribution in [0.3, 0.4) is 0 Å². The van der Waals surface area contributed by atoms with Crippen LogP contribution in [0.15, 0.2) is 18.2 Å². The molecule has 0 N–H and O–H groups in total. The van der Waals surface area contributed by atoms with Crippen LogP contribution in [0.1, 0.15) is 32.8 Å². The zero-order valence-corrected chi connectivity index (χ0v) is 13.3. The molecule has 1 aromatic carbocycles. The van der Waals surface area contributed by atoms with Gasteiger partial charge in [0.2, 0.25) is 0 Å². The molecule has 1 rings (SSSR count). The van der Waals surface area contributed by atoms with Gasteiger partial charge in [-0.25, -0.2) is 0 Å². The number of nitrogens with zero attached hydrogens (tertiary/aromatic N) is 2. The van der Waals surface area contributed by atoms with Crippen molar-refractivity contribution in [2.45, 2.75) is 32.5 Å². The molecule has 0 aliphatic rings. The summed E-state index contributed by atoms with van der Waals surface area (Å²) in [4.78, 5) is 12.8. The molecule has 0 amide bonds. The number of rotatable bonds is 7. The standard InChI is InChI=1S/C14H21BrN2O2/c1-4-11(3)10-16(5-2)14-7-6-13(17(18)19)8-12(14)9-15/h6-8,11H,4-5,9-10H2,1-3H3. The highest BCUT2D eigenvalue weighted by molar-refractivity contribution is 9.08. The summed E-state index contributed by atoms with van der Waals surface area (Å²) < 4.78 is 0. The number of halogens is 1. The second-order valence-corrected chi connectivity index (χ2v) is 5.32. The minimum atomic E-state index is -0.346. The van der Waals surface area contributed by atoms with Crippen molar-refractivity contribution in [3.05, 3.63) is 33.9 Å². The van der Waals surface area contributed by atoms with Crippen LogP contribution in [0.5, 0.6) is 0 Å². The van der Waals surface area contributed by atoms with Crippen molar-refractivity contribution < 1.29 is 4.92 Å². The summed E-state index contributed by atoms with van der Waals surface area (Å²) in [6.45, 7) is 8.40. The lowest BCUT2D eigenvalue weighted by molar-refractivity contribution is -0.384. The largest absolute Gasteiger partial charge is 0.371 e. The molecule has 0 fully saturated rings. The van der Waals surface area contributed by atoms with Gasteiger partial charge in [-0.2, -0.15) is 0 Å². The summed E-state index contributed by atoms with van der Waals surface area (Å²) in [6.07, 6.45) is 1.13. The van der Waals surface area contributed by atoms with E-state index in [4.69, 9.17) is 0 Å². The Morgan fingerprint density at radius 1 is 1.42 bits per heavy atom. The molecule has 0 spiro atoms. The molecule has 19 heavy (non-hydrogen) atoms. The fourth-order valence-corrected chi connectivity index (χ4v) is 2.45. The van der Waals surface area contributed by atoms with E-state index in [0.717, 1.165) is 30.8 Å². The second-order valence-electron chi connectivity index (χ2n) is 4.76. The molecule has 1 unspecified atom stereocenters. The van der Waals surface area contributed by atoms with E-state index >= 15 is 0 Å². The number of alkyl halides is 1. The Labute approximate surface area is 123 Å². The lowest BCUT2D eigenvalue weighted by Gasteiger charge is -2.28. The van der Waals surface area contributed by atoms with Crippen LogP contribution in [-0.4, -0.2) is 18.0 Å². The van der Waals surface area contributed by atoms with E-state index in [1.807, 2.05) is 6.07 Å². The third-order valence-electron chi connectivity index (χ3n) is 3.37. The molecule has 0 aliphatic carbocycles. The Morgan fingerprint density at radius 3 is 2.58 bits per heavy atom. The Hall–Kier alpha value is -1.10. The molecule has 1 atom stereocenters. The number of hydrogen-bond acceptors (Lipinski definition) is 3.